The number of aromatic nitrogens is 1. The first-order chi connectivity index (χ1) is 8.24. The number of pyridine rings is 1. The second kappa shape index (κ2) is 5.47. The van der Waals surface area contributed by atoms with E-state index in [0.717, 1.165) is 24.5 Å². The van der Waals surface area contributed by atoms with Crippen LogP contribution in [0.1, 0.15) is 31.4 Å². The Bertz CT molecular complexity index is 363. The van der Waals surface area contributed by atoms with Gasteiger partial charge in [-0.3, -0.25) is 0 Å². The van der Waals surface area contributed by atoms with E-state index in [4.69, 9.17) is 10.5 Å². The molecule has 0 amide bonds. The van der Waals surface area contributed by atoms with Crippen LogP contribution in [0.15, 0.2) is 18.3 Å². The molecule has 17 heavy (non-hydrogen) atoms. The molecule has 4 heteroatoms. The van der Waals surface area contributed by atoms with E-state index >= 15 is 0 Å². The van der Waals surface area contributed by atoms with Crippen LogP contribution in [-0.4, -0.2) is 31.3 Å². The van der Waals surface area contributed by atoms with E-state index in [0.29, 0.717) is 6.04 Å². The fourth-order valence-corrected chi connectivity index (χ4v) is 2.04. The quantitative estimate of drug-likeness (QED) is 0.815. The lowest BCUT2D eigenvalue weighted by atomic mass is 10.1. The summed E-state index contributed by atoms with van der Waals surface area (Å²) in [6.45, 7) is 3.62. The number of hydrogen-bond donors (Lipinski definition) is 1. The molecule has 0 unspecified atom stereocenters. The molecule has 1 aliphatic rings. The average molecular weight is 235 g/mol. The summed E-state index contributed by atoms with van der Waals surface area (Å²) in [5.41, 5.74) is 7.12. The molecule has 0 radical (unpaired) electrons. The molecular formula is C13H21N3O. The van der Waals surface area contributed by atoms with Gasteiger partial charge in [-0.2, -0.15) is 0 Å². The van der Waals surface area contributed by atoms with Crippen molar-refractivity contribution in [2.45, 2.75) is 31.8 Å². The molecular weight excluding hydrogens is 214 g/mol. The molecule has 1 atom stereocenters. The highest BCUT2D eigenvalue weighted by molar-refractivity contribution is 5.50. The topological polar surface area (TPSA) is 51.4 Å². The highest BCUT2D eigenvalue weighted by Gasteiger charge is 2.31. The zero-order chi connectivity index (χ0) is 12.3. The first kappa shape index (κ1) is 12.3. The standard InChI is InChI=1S/C13H21N3O/c1-10(14)12-4-3-7-15-13(12)16(8-9-17-2)11-5-6-11/h3-4,7,10-11H,5-6,8-9,14H2,1-2H3/t10-/m1/s1. The number of hydrogen-bond acceptors (Lipinski definition) is 4. The Kier molecular flexibility index (Phi) is 3.97. The molecule has 1 aromatic rings. The van der Waals surface area contributed by atoms with Crippen LogP contribution in [0.4, 0.5) is 5.82 Å². The van der Waals surface area contributed by atoms with Crippen molar-refractivity contribution >= 4 is 5.82 Å². The summed E-state index contributed by atoms with van der Waals surface area (Å²) in [5.74, 6) is 1.03. The molecule has 1 heterocycles. The van der Waals surface area contributed by atoms with Crippen molar-refractivity contribution in [1.82, 2.24) is 4.98 Å². The summed E-state index contributed by atoms with van der Waals surface area (Å²) >= 11 is 0. The predicted octanol–water partition coefficient (Wildman–Crippen LogP) is 1.72. The van der Waals surface area contributed by atoms with Gasteiger partial charge in [-0.05, 0) is 25.8 Å². The first-order valence-electron chi connectivity index (χ1n) is 6.20. The number of anilines is 1. The average Bonchev–Trinajstić information content (AvgIpc) is 3.14. The molecule has 1 fully saturated rings. The molecule has 94 valence electrons. The fourth-order valence-electron chi connectivity index (χ4n) is 2.04. The van der Waals surface area contributed by atoms with E-state index in [2.05, 4.69) is 16.0 Å². The number of nitrogens with zero attached hydrogens (tertiary/aromatic N) is 2. The Morgan fingerprint density at radius 3 is 2.94 bits per heavy atom. The predicted molar refractivity (Wildman–Crippen MR) is 69.1 cm³/mol. The highest BCUT2D eigenvalue weighted by atomic mass is 16.5. The Morgan fingerprint density at radius 2 is 2.35 bits per heavy atom. The molecule has 1 saturated carbocycles. The van der Waals surface area contributed by atoms with Crippen LogP contribution in [-0.2, 0) is 4.74 Å². The number of rotatable bonds is 6. The largest absolute Gasteiger partial charge is 0.383 e. The van der Waals surface area contributed by atoms with Gasteiger partial charge in [0.15, 0.2) is 0 Å². The maximum Gasteiger partial charge on any atom is 0.133 e. The van der Waals surface area contributed by atoms with Gasteiger partial charge in [0.2, 0.25) is 0 Å². The van der Waals surface area contributed by atoms with Gasteiger partial charge in [-0.25, -0.2) is 4.98 Å². The molecule has 0 spiro atoms. The SMILES string of the molecule is COCCN(c1ncccc1[C@@H](C)N)C1CC1. The van der Waals surface area contributed by atoms with Crippen LogP contribution < -0.4 is 10.6 Å². The van der Waals surface area contributed by atoms with Gasteiger partial charge < -0.3 is 15.4 Å². The third-order valence-corrected chi connectivity index (χ3v) is 3.10. The maximum absolute atomic E-state index is 6.00. The highest BCUT2D eigenvalue weighted by Crippen LogP contribution is 2.33. The molecule has 0 bridgehead atoms. The first-order valence-corrected chi connectivity index (χ1v) is 6.20. The van der Waals surface area contributed by atoms with Crippen LogP contribution in [0.25, 0.3) is 0 Å². The molecule has 4 nitrogen and oxygen atoms in total. The Balaban J connectivity index is 2.22. The van der Waals surface area contributed by atoms with Gasteiger partial charge in [0, 0.05) is 37.5 Å². The van der Waals surface area contributed by atoms with E-state index in [1.54, 1.807) is 7.11 Å². The molecule has 1 aliphatic carbocycles. The monoisotopic (exact) mass is 235 g/mol. The summed E-state index contributed by atoms with van der Waals surface area (Å²) in [5, 5.41) is 0. The van der Waals surface area contributed by atoms with Crippen LogP contribution in [0.5, 0.6) is 0 Å². The third-order valence-electron chi connectivity index (χ3n) is 3.10. The van der Waals surface area contributed by atoms with Gasteiger partial charge in [-0.15, -0.1) is 0 Å². The lowest BCUT2D eigenvalue weighted by Crippen LogP contribution is -2.31. The van der Waals surface area contributed by atoms with Gasteiger partial charge in [-0.1, -0.05) is 6.07 Å². The van der Waals surface area contributed by atoms with Crippen molar-refractivity contribution in [3.63, 3.8) is 0 Å². The van der Waals surface area contributed by atoms with Crippen LogP contribution in [0.3, 0.4) is 0 Å². The van der Waals surface area contributed by atoms with Crippen molar-refractivity contribution in [2.24, 2.45) is 5.73 Å². The van der Waals surface area contributed by atoms with Crippen molar-refractivity contribution in [2.75, 3.05) is 25.2 Å². The summed E-state index contributed by atoms with van der Waals surface area (Å²) in [6, 6.07) is 4.65. The van der Waals surface area contributed by atoms with Crippen molar-refractivity contribution in [1.29, 1.82) is 0 Å². The minimum absolute atomic E-state index is 0.0162. The maximum atomic E-state index is 6.00. The molecule has 2 N–H and O–H groups in total. The van der Waals surface area contributed by atoms with Crippen LogP contribution >= 0.6 is 0 Å². The molecule has 2 rings (SSSR count). The number of nitrogens with two attached hydrogens (primary N) is 1. The van der Waals surface area contributed by atoms with Crippen molar-refractivity contribution in [3.8, 4) is 0 Å². The smallest absolute Gasteiger partial charge is 0.133 e. The van der Waals surface area contributed by atoms with Crippen LogP contribution in [0.2, 0.25) is 0 Å². The van der Waals surface area contributed by atoms with E-state index in [1.807, 2.05) is 19.2 Å². The summed E-state index contributed by atoms with van der Waals surface area (Å²) < 4.78 is 5.17. The molecule has 0 saturated heterocycles. The summed E-state index contributed by atoms with van der Waals surface area (Å²) in [7, 11) is 1.73. The number of methoxy groups -OCH3 is 1. The van der Waals surface area contributed by atoms with Gasteiger partial charge in [0.1, 0.15) is 5.82 Å². The van der Waals surface area contributed by atoms with E-state index < -0.39 is 0 Å². The minimum atomic E-state index is 0.0162. The van der Waals surface area contributed by atoms with Crippen molar-refractivity contribution < 1.29 is 4.74 Å². The zero-order valence-electron chi connectivity index (χ0n) is 10.6. The zero-order valence-corrected chi connectivity index (χ0v) is 10.6. The van der Waals surface area contributed by atoms with E-state index in [-0.39, 0.29) is 6.04 Å². The lowest BCUT2D eigenvalue weighted by Gasteiger charge is -2.26. The third kappa shape index (κ3) is 2.96. The normalized spacial score (nSPS) is 16.9. The summed E-state index contributed by atoms with van der Waals surface area (Å²) in [6.07, 6.45) is 4.33. The Labute approximate surface area is 103 Å². The Morgan fingerprint density at radius 1 is 1.59 bits per heavy atom. The van der Waals surface area contributed by atoms with Crippen molar-refractivity contribution in [3.05, 3.63) is 23.9 Å². The molecule has 1 aromatic heterocycles. The second-order valence-corrected chi connectivity index (χ2v) is 4.62. The molecule has 0 aliphatic heterocycles. The molecule has 0 aromatic carbocycles. The fraction of sp³-hybridized carbons (Fsp3) is 0.615. The van der Waals surface area contributed by atoms with Gasteiger partial charge >= 0.3 is 0 Å². The Hall–Kier alpha value is -1.13. The van der Waals surface area contributed by atoms with Gasteiger partial charge in [0.25, 0.3) is 0 Å². The van der Waals surface area contributed by atoms with Gasteiger partial charge in [0.05, 0.1) is 6.61 Å². The van der Waals surface area contributed by atoms with E-state index in [9.17, 15) is 0 Å². The number of ether oxygens (including phenoxy) is 1. The lowest BCUT2D eigenvalue weighted by molar-refractivity contribution is 0.204. The van der Waals surface area contributed by atoms with Crippen LogP contribution in [0, 0.1) is 0 Å². The van der Waals surface area contributed by atoms with E-state index in [1.165, 1.54) is 12.8 Å². The summed E-state index contributed by atoms with van der Waals surface area (Å²) in [4.78, 5) is 6.84. The second-order valence-electron chi connectivity index (χ2n) is 4.62. The minimum Gasteiger partial charge on any atom is -0.383 e.